The van der Waals surface area contributed by atoms with Crippen LogP contribution >= 0.6 is 0 Å². The van der Waals surface area contributed by atoms with Gasteiger partial charge in [0.25, 0.3) is 0 Å². The Morgan fingerprint density at radius 2 is 2.33 bits per heavy atom. The van der Waals surface area contributed by atoms with Gasteiger partial charge in [0.15, 0.2) is 0 Å². The summed E-state index contributed by atoms with van der Waals surface area (Å²) >= 11 is 0. The van der Waals surface area contributed by atoms with Gasteiger partial charge in [-0.1, -0.05) is 19.1 Å². The van der Waals surface area contributed by atoms with Gasteiger partial charge in [-0.05, 0) is 42.1 Å². The molecule has 0 aromatic rings. The van der Waals surface area contributed by atoms with Crippen LogP contribution in [-0.2, 0) is 19.1 Å². The van der Waals surface area contributed by atoms with Gasteiger partial charge in [-0.25, -0.2) is 4.79 Å². The van der Waals surface area contributed by atoms with Gasteiger partial charge in [0.05, 0.1) is 5.57 Å². The molecular formula is C17H18O4. The quantitative estimate of drug-likeness (QED) is 0.578. The molecule has 0 aromatic carbocycles. The third kappa shape index (κ3) is 1.62. The van der Waals surface area contributed by atoms with Crippen LogP contribution in [0.3, 0.4) is 0 Å². The molecule has 3 aliphatic carbocycles. The molecule has 0 saturated heterocycles. The smallest absolute Gasteiger partial charge is 0.343 e. The summed E-state index contributed by atoms with van der Waals surface area (Å²) in [6.07, 6.45) is 4.11. The maximum Gasteiger partial charge on any atom is 0.343 e. The Morgan fingerprint density at radius 3 is 3.05 bits per heavy atom. The zero-order valence-electron chi connectivity index (χ0n) is 12.3. The van der Waals surface area contributed by atoms with Crippen LogP contribution in [0.25, 0.3) is 0 Å². The Bertz CT molecular complexity index is 654. The monoisotopic (exact) mass is 286 g/mol. The van der Waals surface area contributed by atoms with Crippen molar-refractivity contribution in [3.63, 3.8) is 0 Å². The van der Waals surface area contributed by atoms with Gasteiger partial charge in [0.2, 0.25) is 0 Å². The van der Waals surface area contributed by atoms with Crippen LogP contribution < -0.4 is 0 Å². The van der Waals surface area contributed by atoms with E-state index in [9.17, 15) is 9.59 Å². The highest BCUT2D eigenvalue weighted by atomic mass is 16.6. The van der Waals surface area contributed by atoms with Crippen molar-refractivity contribution in [2.45, 2.75) is 26.7 Å². The first-order valence-electron chi connectivity index (χ1n) is 7.41. The molecule has 0 radical (unpaired) electrons. The van der Waals surface area contributed by atoms with Crippen molar-refractivity contribution in [1.82, 2.24) is 0 Å². The van der Waals surface area contributed by atoms with Crippen LogP contribution in [0.2, 0.25) is 0 Å². The van der Waals surface area contributed by atoms with E-state index in [1.54, 1.807) is 0 Å². The maximum atomic E-state index is 12.0. The molecule has 0 unspecified atom stereocenters. The Balaban J connectivity index is 1.72. The highest BCUT2D eigenvalue weighted by molar-refractivity contribution is 5.95. The van der Waals surface area contributed by atoms with Crippen LogP contribution in [0.4, 0.5) is 0 Å². The highest BCUT2D eigenvalue weighted by Gasteiger charge is 2.63. The number of rotatable bonds is 2. The highest BCUT2D eigenvalue weighted by Crippen LogP contribution is 2.70. The normalized spacial score (nSPS) is 39.3. The summed E-state index contributed by atoms with van der Waals surface area (Å²) in [4.78, 5) is 23.0. The zero-order chi connectivity index (χ0) is 14.9. The molecule has 110 valence electrons. The summed E-state index contributed by atoms with van der Waals surface area (Å²) in [6, 6.07) is 0. The van der Waals surface area contributed by atoms with E-state index in [0.717, 1.165) is 12.0 Å². The van der Waals surface area contributed by atoms with E-state index in [0.29, 0.717) is 29.1 Å². The number of fused-ring (bicyclic) bond motifs is 4. The van der Waals surface area contributed by atoms with Gasteiger partial charge in [-0.3, -0.25) is 4.79 Å². The molecule has 0 N–H and O–H groups in total. The second-order valence-corrected chi connectivity index (χ2v) is 6.78. The van der Waals surface area contributed by atoms with Crippen molar-refractivity contribution in [2.75, 3.05) is 6.61 Å². The second kappa shape index (κ2) is 3.87. The van der Waals surface area contributed by atoms with Crippen LogP contribution in [0, 0.1) is 23.2 Å². The van der Waals surface area contributed by atoms with Crippen molar-refractivity contribution >= 4 is 11.9 Å². The average Bonchev–Trinajstić information content (AvgIpc) is 3.11. The lowest BCUT2D eigenvalue weighted by atomic mass is 9.67. The molecule has 4 nitrogen and oxygen atoms in total. The lowest BCUT2D eigenvalue weighted by Crippen LogP contribution is -2.29. The number of hydrogen-bond donors (Lipinski definition) is 0. The first kappa shape index (κ1) is 12.9. The molecule has 1 heterocycles. The standard InChI is InChI=1S/C17H18O4/c1-8-10-4-14(10)17(3)6-15-11(5-13(8)17)12(16(19)21-15)7-20-9(2)18/h6,10,13-14H,1,4-5,7H2,2-3H3/t10-,13+,14-,17-/m1/s1. The Kier molecular flexibility index (Phi) is 2.37. The topological polar surface area (TPSA) is 52.6 Å². The molecule has 0 aromatic heterocycles. The first-order valence-corrected chi connectivity index (χ1v) is 7.41. The third-order valence-corrected chi connectivity index (χ3v) is 5.64. The summed E-state index contributed by atoms with van der Waals surface area (Å²) in [6.45, 7) is 7.87. The number of hydrogen-bond acceptors (Lipinski definition) is 4. The fourth-order valence-electron chi connectivity index (χ4n) is 4.41. The Labute approximate surface area is 123 Å². The lowest BCUT2D eigenvalue weighted by molar-refractivity contribution is -0.141. The van der Waals surface area contributed by atoms with Crippen molar-refractivity contribution in [1.29, 1.82) is 0 Å². The third-order valence-electron chi connectivity index (χ3n) is 5.64. The fraction of sp³-hybridized carbons (Fsp3) is 0.529. The van der Waals surface area contributed by atoms with E-state index in [4.69, 9.17) is 9.47 Å². The number of allylic oxidation sites excluding steroid dienone is 3. The molecule has 21 heavy (non-hydrogen) atoms. The van der Waals surface area contributed by atoms with E-state index in [-0.39, 0.29) is 24.0 Å². The molecule has 4 aliphatic rings. The van der Waals surface area contributed by atoms with E-state index in [1.165, 1.54) is 18.9 Å². The molecule has 4 heteroatoms. The Morgan fingerprint density at radius 1 is 1.57 bits per heavy atom. The van der Waals surface area contributed by atoms with E-state index >= 15 is 0 Å². The number of carbonyl (C=O) groups excluding carboxylic acids is 2. The van der Waals surface area contributed by atoms with Gasteiger partial charge in [0, 0.05) is 12.5 Å². The molecule has 1 aliphatic heterocycles. The van der Waals surface area contributed by atoms with Crippen LogP contribution in [0.5, 0.6) is 0 Å². The molecule has 0 spiro atoms. The lowest BCUT2D eigenvalue weighted by Gasteiger charge is -2.36. The van der Waals surface area contributed by atoms with Gasteiger partial charge >= 0.3 is 11.9 Å². The summed E-state index contributed by atoms with van der Waals surface area (Å²) in [5.74, 6) is 1.59. The number of esters is 2. The van der Waals surface area contributed by atoms with E-state index in [1.807, 2.05) is 0 Å². The molecule has 0 amide bonds. The van der Waals surface area contributed by atoms with Crippen LogP contribution in [0.1, 0.15) is 26.7 Å². The van der Waals surface area contributed by atoms with Crippen LogP contribution in [-0.4, -0.2) is 18.5 Å². The SMILES string of the molecule is C=C1[C@H]2C[C@H]2[C@]2(C)C=C3OC(=O)C(COC(C)=O)=C3C[C@@H]12. The molecule has 4 rings (SSSR count). The molecule has 2 fully saturated rings. The van der Waals surface area contributed by atoms with E-state index < -0.39 is 0 Å². The summed E-state index contributed by atoms with van der Waals surface area (Å²) < 4.78 is 10.4. The average molecular weight is 286 g/mol. The largest absolute Gasteiger partial charge is 0.461 e. The zero-order valence-corrected chi connectivity index (χ0v) is 12.3. The van der Waals surface area contributed by atoms with Crippen molar-refractivity contribution < 1.29 is 19.1 Å². The van der Waals surface area contributed by atoms with Crippen molar-refractivity contribution in [2.24, 2.45) is 23.2 Å². The molecule has 4 atom stereocenters. The summed E-state index contributed by atoms with van der Waals surface area (Å²) in [5, 5.41) is 0. The molecule has 2 saturated carbocycles. The predicted molar refractivity (Wildman–Crippen MR) is 74.8 cm³/mol. The van der Waals surface area contributed by atoms with Gasteiger partial charge in [-0.15, -0.1) is 0 Å². The van der Waals surface area contributed by atoms with Crippen molar-refractivity contribution in [3.8, 4) is 0 Å². The minimum Gasteiger partial charge on any atom is -0.461 e. The minimum atomic E-state index is -0.388. The molecule has 0 bridgehead atoms. The summed E-state index contributed by atoms with van der Waals surface area (Å²) in [7, 11) is 0. The van der Waals surface area contributed by atoms with Gasteiger partial charge in [0.1, 0.15) is 12.4 Å². The van der Waals surface area contributed by atoms with E-state index in [2.05, 4.69) is 19.6 Å². The fourth-order valence-corrected chi connectivity index (χ4v) is 4.41. The van der Waals surface area contributed by atoms with Crippen LogP contribution in [0.15, 0.2) is 35.1 Å². The molecular weight excluding hydrogens is 268 g/mol. The first-order chi connectivity index (χ1) is 9.91. The van der Waals surface area contributed by atoms with Gasteiger partial charge in [-0.2, -0.15) is 0 Å². The van der Waals surface area contributed by atoms with Gasteiger partial charge < -0.3 is 9.47 Å². The van der Waals surface area contributed by atoms with Crippen molar-refractivity contribution in [3.05, 3.63) is 35.1 Å². The second-order valence-electron chi connectivity index (χ2n) is 6.78. The predicted octanol–water partition coefficient (Wildman–Crippen LogP) is 2.52. The number of carbonyl (C=O) groups is 2. The number of ether oxygens (including phenoxy) is 2. The minimum absolute atomic E-state index is 0.00358. The maximum absolute atomic E-state index is 12.0. The summed E-state index contributed by atoms with van der Waals surface area (Å²) in [5.41, 5.74) is 2.78. The Hall–Kier alpha value is -1.84.